The summed E-state index contributed by atoms with van der Waals surface area (Å²) in [5, 5.41) is 0. The van der Waals surface area contributed by atoms with E-state index in [2.05, 4.69) is 11.9 Å². The predicted octanol–water partition coefficient (Wildman–Crippen LogP) is 3.91. The molecule has 0 bridgehead atoms. The third-order valence-corrected chi connectivity index (χ3v) is 4.31. The highest BCUT2D eigenvalue weighted by atomic mass is 16.4. The second-order valence-corrected chi connectivity index (χ2v) is 5.98. The van der Waals surface area contributed by atoms with Crippen molar-refractivity contribution in [1.82, 2.24) is 9.88 Å². The van der Waals surface area contributed by atoms with Gasteiger partial charge in [-0.1, -0.05) is 13.0 Å². The van der Waals surface area contributed by atoms with Gasteiger partial charge in [0, 0.05) is 24.9 Å². The molecule has 0 N–H and O–H groups in total. The van der Waals surface area contributed by atoms with Crippen LogP contribution in [0.15, 0.2) is 35.0 Å². The fourth-order valence-electron chi connectivity index (χ4n) is 2.90. The molecular formula is C18H22N2O2. The van der Waals surface area contributed by atoms with Crippen molar-refractivity contribution in [3.05, 3.63) is 53.2 Å². The number of pyridine rings is 1. The molecule has 0 saturated heterocycles. The summed E-state index contributed by atoms with van der Waals surface area (Å²) in [6.07, 6.45) is 6.52. The van der Waals surface area contributed by atoms with Crippen molar-refractivity contribution in [3.8, 4) is 0 Å². The molecule has 1 aliphatic carbocycles. The third-order valence-electron chi connectivity index (χ3n) is 4.31. The van der Waals surface area contributed by atoms with Crippen LogP contribution in [-0.4, -0.2) is 21.8 Å². The van der Waals surface area contributed by atoms with Gasteiger partial charge in [0.05, 0.1) is 6.04 Å². The van der Waals surface area contributed by atoms with Gasteiger partial charge in [-0.25, -0.2) is 0 Å². The molecule has 1 amide bonds. The fourth-order valence-corrected chi connectivity index (χ4v) is 2.90. The topological polar surface area (TPSA) is 46.3 Å². The summed E-state index contributed by atoms with van der Waals surface area (Å²) in [6.45, 7) is 6.09. The van der Waals surface area contributed by atoms with Crippen molar-refractivity contribution >= 4 is 5.91 Å². The van der Waals surface area contributed by atoms with Crippen LogP contribution in [0.25, 0.3) is 0 Å². The minimum Gasteiger partial charge on any atom is -0.456 e. The van der Waals surface area contributed by atoms with Crippen molar-refractivity contribution in [3.63, 3.8) is 0 Å². The predicted molar refractivity (Wildman–Crippen MR) is 84.7 cm³/mol. The van der Waals surface area contributed by atoms with Gasteiger partial charge in [-0.2, -0.15) is 0 Å². The van der Waals surface area contributed by atoms with Gasteiger partial charge in [0.1, 0.15) is 5.76 Å². The highest BCUT2D eigenvalue weighted by Gasteiger charge is 2.38. The summed E-state index contributed by atoms with van der Waals surface area (Å²) in [5.74, 6) is 1.34. The van der Waals surface area contributed by atoms with Crippen LogP contribution in [0.3, 0.4) is 0 Å². The maximum atomic E-state index is 12.9. The van der Waals surface area contributed by atoms with Crippen molar-refractivity contribution < 1.29 is 9.21 Å². The second-order valence-electron chi connectivity index (χ2n) is 5.98. The lowest BCUT2D eigenvalue weighted by Gasteiger charge is -2.28. The highest BCUT2D eigenvalue weighted by molar-refractivity contribution is 5.92. The number of aryl methyl sites for hydroxylation is 2. The van der Waals surface area contributed by atoms with Gasteiger partial charge >= 0.3 is 0 Å². The molecule has 1 saturated carbocycles. The summed E-state index contributed by atoms with van der Waals surface area (Å²) in [7, 11) is 0. The SMILES string of the molecule is CCc1oc(C(=O)N(C2CC2)[C@@H](C)c2cccnc2)cc1C. The highest BCUT2D eigenvalue weighted by Crippen LogP contribution is 2.35. The average molecular weight is 298 g/mol. The van der Waals surface area contributed by atoms with Gasteiger partial charge in [-0.05, 0) is 49.9 Å². The van der Waals surface area contributed by atoms with Crippen molar-refractivity contribution in [2.24, 2.45) is 0 Å². The molecule has 1 fully saturated rings. The molecule has 3 rings (SSSR count). The summed E-state index contributed by atoms with van der Waals surface area (Å²) < 4.78 is 5.76. The Morgan fingerprint density at radius 1 is 1.50 bits per heavy atom. The summed E-state index contributed by atoms with van der Waals surface area (Å²) >= 11 is 0. The number of aromatic nitrogens is 1. The number of carbonyl (C=O) groups excluding carboxylic acids is 1. The van der Waals surface area contributed by atoms with E-state index >= 15 is 0 Å². The van der Waals surface area contributed by atoms with Crippen molar-refractivity contribution in [1.29, 1.82) is 0 Å². The van der Waals surface area contributed by atoms with E-state index in [1.54, 1.807) is 6.20 Å². The van der Waals surface area contributed by atoms with E-state index < -0.39 is 0 Å². The average Bonchev–Trinajstić information content (AvgIpc) is 3.29. The zero-order chi connectivity index (χ0) is 15.7. The lowest BCUT2D eigenvalue weighted by atomic mass is 10.1. The van der Waals surface area contributed by atoms with Gasteiger partial charge in [-0.15, -0.1) is 0 Å². The monoisotopic (exact) mass is 298 g/mol. The first-order valence-corrected chi connectivity index (χ1v) is 7.93. The molecule has 1 atom stereocenters. The minimum atomic E-state index is -0.0124. The summed E-state index contributed by atoms with van der Waals surface area (Å²) in [6, 6.07) is 6.12. The van der Waals surface area contributed by atoms with Gasteiger partial charge in [0.25, 0.3) is 5.91 Å². The van der Waals surface area contributed by atoms with Gasteiger partial charge < -0.3 is 9.32 Å². The Bertz CT molecular complexity index is 659. The Morgan fingerprint density at radius 3 is 2.82 bits per heavy atom. The zero-order valence-electron chi connectivity index (χ0n) is 13.4. The van der Waals surface area contributed by atoms with Crippen molar-refractivity contribution in [2.75, 3.05) is 0 Å². The Hall–Kier alpha value is -2.10. The molecule has 1 aliphatic rings. The molecule has 0 spiro atoms. The molecule has 0 aromatic carbocycles. The molecule has 0 unspecified atom stereocenters. The number of hydrogen-bond donors (Lipinski definition) is 0. The molecular weight excluding hydrogens is 276 g/mol. The van der Waals surface area contributed by atoms with Crippen LogP contribution in [0, 0.1) is 6.92 Å². The number of nitrogens with zero attached hydrogens (tertiary/aromatic N) is 2. The summed E-state index contributed by atoms with van der Waals surface area (Å²) in [4.78, 5) is 19.1. The van der Waals surface area contributed by atoms with Crippen LogP contribution in [0.5, 0.6) is 0 Å². The fraction of sp³-hybridized carbons (Fsp3) is 0.444. The molecule has 22 heavy (non-hydrogen) atoms. The maximum absolute atomic E-state index is 12.9. The quantitative estimate of drug-likeness (QED) is 0.840. The lowest BCUT2D eigenvalue weighted by molar-refractivity contribution is 0.0639. The van der Waals surface area contributed by atoms with Crippen LogP contribution < -0.4 is 0 Å². The van der Waals surface area contributed by atoms with Crippen LogP contribution in [0.2, 0.25) is 0 Å². The first kappa shape index (κ1) is 14.8. The number of hydrogen-bond acceptors (Lipinski definition) is 3. The lowest BCUT2D eigenvalue weighted by Crippen LogP contribution is -2.35. The Labute approximate surface area is 131 Å². The number of amides is 1. The largest absolute Gasteiger partial charge is 0.456 e. The molecule has 0 radical (unpaired) electrons. The zero-order valence-corrected chi connectivity index (χ0v) is 13.4. The maximum Gasteiger partial charge on any atom is 0.290 e. The van der Waals surface area contributed by atoms with E-state index in [0.29, 0.717) is 11.8 Å². The molecule has 0 aliphatic heterocycles. The Balaban J connectivity index is 1.89. The van der Waals surface area contributed by atoms with E-state index in [1.165, 1.54) is 0 Å². The molecule has 4 nitrogen and oxygen atoms in total. The molecule has 116 valence electrons. The number of rotatable bonds is 5. The smallest absolute Gasteiger partial charge is 0.290 e. The Kier molecular flexibility index (Phi) is 4.01. The molecule has 4 heteroatoms. The van der Waals surface area contributed by atoms with Crippen molar-refractivity contribution in [2.45, 2.75) is 52.1 Å². The van der Waals surface area contributed by atoms with Crippen LogP contribution >= 0.6 is 0 Å². The van der Waals surface area contributed by atoms with Gasteiger partial charge in [0.2, 0.25) is 0 Å². The van der Waals surface area contributed by atoms with E-state index in [-0.39, 0.29) is 11.9 Å². The number of furan rings is 1. The van der Waals surface area contributed by atoms with Crippen LogP contribution in [0.1, 0.15) is 60.2 Å². The second kappa shape index (κ2) is 5.95. The summed E-state index contributed by atoms with van der Waals surface area (Å²) in [5.41, 5.74) is 2.11. The molecule has 2 aromatic rings. The van der Waals surface area contributed by atoms with Gasteiger partial charge in [-0.3, -0.25) is 9.78 Å². The first-order valence-electron chi connectivity index (χ1n) is 7.93. The van der Waals surface area contributed by atoms with E-state index in [1.807, 2.05) is 43.1 Å². The number of carbonyl (C=O) groups is 1. The molecule has 2 aromatic heterocycles. The standard InChI is InChI=1S/C18H22N2O2/c1-4-16-12(2)10-17(22-16)18(21)20(15-7-8-15)13(3)14-6-5-9-19-11-14/h5-6,9-11,13,15H,4,7-8H2,1-3H3/t13-/m0/s1. The van der Waals surface area contributed by atoms with Gasteiger partial charge in [0.15, 0.2) is 5.76 Å². The van der Waals surface area contributed by atoms with E-state index in [0.717, 1.165) is 36.1 Å². The minimum absolute atomic E-state index is 0.00387. The Morgan fingerprint density at radius 2 is 2.27 bits per heavy atom. The van der Waals surface area contributed by atoms with Crippen LogP contribution in [-0.2, 0) is 6.42 Å². The first-order chi connectivity index (χ1) is 10.6. The van der Waals surface area contributed by atoms with E-state index in [9.17, 15) is 4.79 Å². The normalized spacial score (nSPS) is 15.6. The molecule has 2 heterocycles. The third kappa shape index (κ3) is 2.78. The van der Waals surface area contributed by atoms with Crippen LogP contribution in [0.4, 0.5) is 0 Å². The van der Waals surface area contributed by atoms with E-state index in [4.69, 9.17) is 4.42 Å².